The summed E-state index contributed by atoms with van der Waals surface area (Å²) in [5, 5.41) is 8.90. The SMILES string of the molecule is Cc1ccc(C)n1-c1cc(C=N[S+]([O-])C(C)(C)C)c(-c2ccccc2)nn1. The second-order valence-corrected chi connectivity index (χ2v) is 9.35. The van der Waals surface area contributed by atoms with Gasteiger partial charge >= 0.3 is 0 Å². The van der Waals surface area contributed by atoms with Gasteiger partial charge in [-0.25, -0.2) is 0 Å². The Labute approximate surface area is 163 Å². The predicted octanol–water partition coefficient (Wildman–Crippen LogP) is 4.43. The fraction of sp³-hybridized carbons (Fsp3) is 0.286. The standard InChI is InChI=1S/C21H24N4OS/c1-15-11-12-16(2)25(15)19-13-18(14-22-27(26)21(3,4)5)20(24-23-19)17-9-7-6-8-10-17/h6-14H,1-5H3. The van der Waals surface area contributed by atoms with Crippen LogP contribution in [0.2, 0.25) is 0 Å². The van der Waals surface area contributed by atoms with Gasteiger partial charge in [0.25, 0.3) is 0 Å². The van der Waals surface area contributed by atoms with Crippen LogP contribution >= 0.6 is 0 Å². The highest BCUT2D eigenvalue weighted by molar-refractivity contribution is 7.91. The summed E-state index contributed by atoms with van der Waals surface area (Å²) in [6.45, 7) is 9.77. The van der Waals surface area contributed by atoms with E-state index in [2.05, 4.69) is 14.6 Å². The molecule has 3 aromatic rings. The van der Waals surface area contributed by atoms with E-state index in [4.69, 9.17) is 0 Å². The summed E-state index contributed by atoms with van der Waals surface area (Å²) < 4.78 is 18.3. The number of aryl methyl sites for hydroxylation is 2. The Morgan fingerprint density at radius 1 is 1.00 bits per heavy atom. The monoisotopic (exact) mass is 380 g/mol. The Morgan fingerprint density at radius 3 is 2.22 bits per heavy atom. The Bertz CT molecular complexity index is 939. The molecule has 140 valence electrons. The minimum absolute atomic E-state index is 0.416. The van der Waals surface area contributed by atoms with Crippen LogP contribution in [0.3, 0.4) is 0 Å². The lowest BCUT2D eigenvalue weighted by atomic mass is 10.1. The van der Waals surface area contributed by atoms with Gasteiger partial charge in [0.05, 0.1) is 6.21 Å². The average molecular weight is 381 g/mol. The Balaban J connectivity index is 2.11. The molecule has 2 heterocycles. The van der Waals surface area contributed by atoms with Crippen LogP contribution in [0.5, 0.6) is 0 Å². The molecule has 6 heteroatoms. The van der Waals surface area contributed by atoms with Gasteiger partial charge in [-0.3, -0.25) is 0 Å². The summed E-state index contributed by atoms with van der Waals surface area (Å²) in [5.74, 6) is 0.720. The van der Waals surface area contributed by atoms with Crippen molar-refractivity contribution in [3.63, 3.8) is 0 Å². The molecule has 0 spiro atoms. The number of aromatic nitrogens is 3. The Kier molecular flexibility index (Phi) is 5.48. The summed E-state index contributed by atoms with van der Waals surface area (Å²) in [6.07, 6.45) is 1.65. The number of hydrogen-bond donors (Lipinski definition) is 0. The lowest BCUT2D eigenvalue weighted by Gasteiger charge is -2.18. The maximum absolute atomic E-state index is 12.4. The molecule has 1 unspecified atom stereocenters. The second-order valence-electron chi connectivity index (χ2n) is 7.42. The summed E-state index contributed by atoms with van der Waals surface area (Å²) in [6, 6.07) is 15.9. The molecule has 0 saturated carbocycles. The van der Waals surface area contributed by atoms with E-state index in [-0.39, 0.29) is 0 Å². The molecule has 2 aromatic heterocycles. The van der Waals surface area contributed by atoms with Crippen molar-refractivity contribution in [3.8, 4) is 17.1 Å². The molecule has 5 nitrogen and oxygen atoms in total. The Morgan fingerprint density at radius 2 is 1.63 bits per heavy atom. The van der Waals surface area contributed by atoms with E-state index in [1.807, 2.05) is 87.7 Å². The maximum atomic E-state index is 12.4. The molecule has 0 N–H and O–H groups in total. The molecule has 0 fully saturated rings. The minimum Gasteiger partial charge on any atom is -0.591 e. The van der Waals surface area contributed by atoms with Gasteiger partial charge in [0.1, 0.15) is 21.8 Å². The van der Waals surface area contributed by atoms with Crippen LogP contribution < -0.4 is 0 Å². The third-order valence-corrected chi connectivity index (χ3v) is 5.51. The van der Waals surface area contributed by atoms with Gasteiger partial charge in [-0.05, 0) is 52.8 Å². The molecular weight excluding hydrogens is 356 g/mol. The highest BCUT2D eigenvalue weighted by Crippen LogP contribution is 2.24. The number of benzene rings is 1. The van der Waals surface area contributed by atoms with Crippen molar-refractivity contribution in [1.29, 1.82) is 0 Å². The van der Waals surface area contributed by atoms with Crippen molar-refractivity contribution in [1.82, 2.24) is 14.8 Å². The van der Waals surface area contributed by atoms with Gasteiger partial charge in [-0.1, -0.05) is 34.7 Å². The first-order valence-corrected chi connectivity index (χ1v) is 9.92. The van der Waals surface area contributed by atoms with Crippen molar-refractivity contribution in [2.24, 2.45) is 4.40 Å². The first-order valence-electron chi connectivity index (χ1n) is 8.82. The third kappa shape index (κ3) is 4.28. The van der Waals surface area contributed by atoms with Crippen LogP contribution in [-0.4, -0.2) is 30.3 Å². The first-order chi connectivity index (χ1) is 12.8. The van der Waals surface area contributed by atoms with E-state index in [0.29, 0.717) is 0 Å². The molecule has 1 aromatic carbocycles. The lowest BCUT2D eigenvalue weighted by molar-refractivity contribution is 0.562. The summed E-state index contributed by atoms with van der Waals surface area (Å²) in [4.78, 5) is 0. The fourth-order valence-electron chi connectivity index (χ4n) is 2.72. The van der Waals surface area contributed by atoms with Crippen molar-refractivity contribution in [3.05, 3.63) is 65.5 Å². The van der Waals surface area contributed by atoms with Crippen LogP contribution in [-0.2, 0) is 11.4 Å². The van der Waals surface area contributed by atoms with E-state index in [9.17, 15) is 4.55 Å². The van der Waals surface area contributed by atoms with Crippen LogP contribution in [0, 0.1) is 13.8 Å². The van der Waals surface area contributed by atoms with Gasteiger partial charge in [0.15, 0.2) is 5.82 Å². The molecule has 0 radical (unpaired) electrons. The van der Waals surface area contributed by atoms with Crippen molar-refractivity contribution in [2.45, 2.75) is 39.4 Å². The largest absolute Gasteiger partial charge is 0.591 e. The Hall–Kier alpha value is -2.44. The van der Waals surface area contributed by atoms with Crippen LogP contribution in [0.4, 0.5) is 0 Å². The lowest BCUT2D eigenvalue weighted by Crippen LogP contribution is -2.25. The van der Waals surface area contributed by atoms with Gasteiger partial charge in [-0.15, -0.1) is 10.2 Å². The quantitative estimate of drug-likeness (QED) is 0.497. The maximum Gasteiger partial charge on any atom is 0.160 e. The zero-order valence-electron chi connectivity index (χ0n) is 16.3. The van der Waals surface area contributed by atoms with Gasteiger partial charge < -0.3 is 9.12 Å². The molecule has 3 rings (SSSR count). The van der Waals surface area contributed by atoms with Crippen molar-refractivity contribution in [2.75, 3.05) is 0 Å². The van der Waals surface area contributed by atoms with Crippen LogP contribution in [0.15, 0.2) is 52.9 Å². The number of rotatable bonds is 4. The molecule has 0 aliphatic rings. The van der Waals surface area contributed by atoms with Crippen LogP contribution in [0.25, 0.3) is 17.1 Å². The van der Waals surface area contributed by atoms with Gasteiger partial charge in [-0.2, -0.15) is 0 Å². The first kappa shape index (κ1) is 19.3. The molecule has 0 saturated heterocycles. The van der Waals surface area contributed by atoms with E-state index in [1.165, 1.54) is 0 Å². The fourth-order valence-corrected chi connectivity index (χ4v) is 3.24. The molecule has 0 amide bonds. The smallest absolute Gasteiger partial charge is 0.160 e. The highest BCUT2D eigenvalue weighted by atomic mass is 32.2. The molecule has 0 aliphatic carbocycles. The number of nitrogens with zero attached hydrogens (tertiary/aromatic N) is 4. The zero-order chi connectivity index (χ0) is 19.6. The van der Waals surface area contributed by atoms with E-state index in [0.717, 1.165) is 34.0 Å². The highest BCUT2D eigenvalue weighted by Gasteiger charge is 2.26. The average Bonchev–Trinajstić information content (AvgIpc) is 2.97. The molecule has 0 bridgehead atoms. The molecular formula is C21H24N4OS. The zero-order valence-corrected chi connectivity index (χ0v) is 17.1. The van der Waals surface area contributed by atoms with E-state index >= 15 is 0 Å². The molecule has 0 aliphatic heterocycles. The van der Waals surface area contributed by atoms with E-state index in [1.54, 1.807) is 6.21 Å². The molecule has 27 heavy (non-hydrogen) atoms. The second kappa shape index (κ2) is 7.66. The van der Waals surface area contributed by atoms with Gasteiger partial charge in [0.2, 0.25) is 0 Å². The molecule has 1 atom stereocenters. The van der Waals surface area contributed by atoms with Crippen LogP contribution in [0.1, 0.15) is 37.7 Å². The predicted molar refractivity (Wildman–Crippen MR) is 112 cm³/mol. The van der Waals surface area contributed by atoms with Crippen molar-refractivity contribution >= 4 is 17.6 Å². The minimum atomic E-state index is -1.34. The topological polar surface area (TPSA) is 66.1 Å². The summed E-state index contributed by atoms with van der Waals surface area (Å²) in [5.41, 5.74) is 4.61. The number of hydrogen-bond acceptors (Lipinski definition) is 4. The van der Waals surface area contributed by atoms with Crippen molar-refractivity contribution < 1.29 is 4.55 Å². The summed E-state index contributed by atoms with van der Waals surface area (Å²) in [7, 11) is 0. The van der Waals surface area contributed by atoms with E-state index < -0.39 is 16.1 Å². The normalized spacial score (nSPS) is 13.3. The third-order valence-electron chi connectivity index (χ3n) is 4.17. The van der Waals surface area contributed by atoms with Gasteiger partial charge in [0, 0.05) is 22.5 Å². The summed E-state index contributed by atoms with van der Waals surface area (Å²) >= 11 is -1.34.